The van der Waals surface area contributed by atoms with Crippen LogP contribution in [0.25, 0.3) is 27.5 Å². The van der Waals surface area contributed by atoms with E-state index in [1.165, 1.54) is 10.2 Å². The summed E-state index contributed by atoms with van der Waals surface area (Å²) in [6, 6.07) is 18.7. The van der Waals surface area contributed by atoms with Gasteiger partial charge >= 0.3 is 0 Å². The summed E-state index contributed by atoms with van der Waals surface area (Å²) in [7, 11) is 0. The molecule has 1 amide bonds. The predicted molar refractivity (Wildman–Crippen MR) is 132 cm³/mol. The molecule has 1 aliphatic rings. The molecule has 0 atom stereocenters. The Balaban J connectivity index is 1.32. The van der Waals surface area contributed by atoms with Crippen LogP contribution < -0.4 is 20.3 Å². The zero-order valence-electron chi connectivity index (χ0n) is 19.0. The number of ether oxygens (including phenoxy) is 2. The summed E-state index contributed by atoms with van der Waals surface area (Å²) in [5.41, 5.74) is 4.48. The first-order valence-electron chi connectivity index (χ1n) is 11.4. The smallest absolute Gasteiger partial charge is 0.280 e. The number of rotatable bonds is 5. The summed E-state index contributed by atoms with van der Waals surface area (Å²) < 4.78 is 12.2. The Morgan fingerprint density at radius 2 is 1.80 bits per heavy atom. The zero-order valence-corrected chi connectivity index (χ0v) is 19.0. The molecule has 0 saturated carbocycles. The van der Waals surface area contributed by atoms with E-state index < -0.39 is 0 Å². The van der Waals surface area contributed by atoms with Crippen molar-refractivity contribution in [3.05, 3.63) is 93.9 Å². The first-order valence-corrected chi connectivity index (χ1v) is 11.4. The van der Waals surface area contributed by atoms with Crippen LogP contribution in [0.5, 0.6) is 11.5 Å². The second kappa shape index (κ2) is 8.32. The molecule has 174 valence electrons. The fourth-order valence-electron chi connectivity index (χ4n) is 4.30. The second-order valence-corrected chi connectivity index (χ2v) is 8.42. The Bertz CT molecular complexity index is 1650. The molecule has 0 aliphatic carbocycles. The van der Waals surface area contributed by atoms with Gasteiger partial charge in [-0.3, -0.25) is 19.7 Å². The predicted octanol–water partition coefficient (Wildman–Crippen LogP) is 4.09. The molecule has 0 fully saturated rings. The first kappa shape index (κ1) is 21.0. The van der Waals surface area contributed by atoms with E-state index in [0.29, 0.717) is 45.4 Å². The Morgan fingerprint density at radius 3 is 2.63 bits per heavy atom. The van der Waals surface area contributed by atoms with E-state index in [0.717, 1.165) is 17.7 Å². The number of aromatic amines is 1. The van der Waals surface area contributed by atoms with Crippen LogP contribution in [0.4, 0.5) is 0 Å². The zero-order chi connectivity index (χ0) is 23.9. The van der Waals surface area contributed by atoms with Crippen LogP contribution in [0.1, 0.15) is 28.4 Å². The number of amides is 1. The third kappa shape index (κ3) is 3.69. The van der Waals surface area contributed by atoms with E-state index in [2.05, 4.69) is 22.3 Å². The molecule has 0 radical (unpaired) electrons. The maximum Gasteiger partial charge on any atom is 0.280 e. The van der Waals surface area contributed by atoms with Crippen molar-refractivity contribution in [3.63, 3.8) is 0 Å². The lowest BCUT2D eigenvalue weighted by molar-refractivity contribution is 0.0951. The van der Waals surface area contributed by atoms with Gasteiger partial charge in [-0.05, 0) is 60.0 Å². The number of carbonyl (C=O) groups excluding carboxylic acids is 1. The van der Waals surface area contributed by atoms with Crippen molar-refractivity contribution in [2.75, 3.05) is 6.79 Å². The summed E-state index contributed by atoms with van der Waals surface area (Å²) in [5, 5.41) is 7.33. The van der Waals surface area contributed by atoms with E-state index >= 15 is 0 Å². The molecule has 1 aliphatic heterocycles. The summed E-state index contributed by atoms with van der Waals surface area (Å²) in [4.78, 5) is 30.4. The van der Waals surface area contributed by atoms with E-state index in [9.17, 15) is 9.59 Å². The molecule has 0 bridgehead atoms. The van der Waals surface area contributed by atoms with Gasteiger partial charge in [0.15, 0.2) is 11.5 Å². The third-order valence-corrected chi connectivity index (χ3v) is 6.28. The van der Waals surface area contributed by atoms with Crippen molar-refractivity contribution in [1.29, 1.82) is 0 Å². The lowest BCUT2D eigenvalue weighted by Gasteiger charge is -2.07. The third-order valence-electron chi connectivity index (χ3n) is 6.28. The van der Waals surface area contributed by atoms with Gasteiger partial charge in [-0.1, -0.05) is 25.1 Å². The number of nitrogens with one attached hydrogen (secondary N) is 2. The molecule has 8 heteroatoms. The quantitative estimate of drug-likeness (QED) is 0.407. The minimum absolute atomic E-state index is 0.184. The Hall–Kier alpha value is -4.59. The maximum atomic E-state index is 13.1. The minimum Gasteiger partial charge on any atom is -0.454 e. The number of H-pyrrole nitrogens is 1. The van der Waals surface area contributed by atoms with E-state index in [-0.39, 0.29) is 18.3 Å². The standard InChI is InChI=1S/C27H22N4O4/c1-2-16-3-7-19(8-4-16)31-27(33)21-14-28-22-9-6-18(12-20(22)25(21)30-31)26(32)29-13-17-5-10-23-24(11-17)35-15-34-23/h3-12,14,30H,2,13,15H2,1H3,(H,29,32). The van der Waals surface area contributed by atoms with Crippen molar-refractivity contribution in [1.82, 2.24) is 20.1 Å². The SMILES string of the molecule is CCc1ccc(-n2[nH]c3c(cnc4ccc(C(=O)NCc5ccc6c(c5)OCO6)cc43)c2=O)cc1. The molecule has 8 nitrogen and oxygen atoms in total. The highest BCUT2D eigenvalue weighted by molar-refractivity contribution is 6.06. The van der Waals surface area contributed by atoms with Gasteiger partial charge in [-0.2, -0.15) is 0 Å². The van der Waals surface area contributed by atoms with Crippen molar-refractivity contribution in [3.8, 4) is 17.2 Å². The molecule has 0 saturated heterocycles. The number of carbonyl (C=O) groups is 1. The average molecular weight is 466 g/mol. The van der Waals surface area contributed by atoms with E-state index in [1.807, 2.05) is 42.5 Å². The topological polar surface area (TPSA) is 98.2 Å². The highest BCUT2D eigenvalue weighted by atomic mass is 16.7. The van der Waals surface area contributed by atoms with Gasteiger partial charge < -0.3 is 14.8 Å². The number of pyridine rings is 1. The number of nitrogens with zero attached hydrogens (tertiary/aromatic N) is 2. The molecule has 3 heterocycles. The van der Waals surface area contributed by atoms with Crippen LogP contribution >= 0.6 is 0 Å². The van der Waals surface area contributed by atoms with E-state index in [4.69, 9.17) is 9.47 Å². The molecular weight excluding hydrogens is 444 g/mol. The minimum atomic E-state index is -0.224. The van der Waals surface area contributed by atoms with Crippen LogP contribution in [0, 0.1) is 0 Å². The van der Waals surface area contributed by atoms with Crippen molar-refractivity contribution in [2.24, 2.45) is 0 Å². The fraction of sp³-hybridized carbons (Fsp3) is 0.148. The van der Waals surface area contributed by atoms with Gasteiger partial charge in [-0.25, -0.2) is 4.68 Å². The first-order chi connectivity index (χ1) is 17.1. The summed E-state index contributed by atoms with van der Waals surface area (Å²) in [6.07, 6.45) is 2.50. The Morgan fingerprint density at radius 1 is 1.00 bits per heavy atom. The monoisotopic (exact) mass is 466 g/mol. The molecule has 0 unspecified atom stereocenters. The largest absolute Gasteiger partial charge is 0.454 e. The Labute approximate surface area is 200 Å². The molecular formula is C27H22N4O4. The van der Waals surface area contributed by atoms with Crippen LogP contribution in [0.2, 0.25) is 0 Å². The van der Waals surface area contributed by atoms with Crippen molar-refractivity contribution < 1.29 is 14.3 Å². The van der Waals surface area contributed by atoms with Gasteiger partial charge in [0.1, 0.15) is 0 Å². The molecule has 2 N–H and O–H groups in total. The van der Waals surface area contributed by atoms with Gasteiger partial charge in [-0.15, -0.1) is 0 Å². The molecule has 6 rings (SSSR count). The van der Waals surface area contributed by atoms with Gasteiger partial charge in [0.25, 0.3) is 11.5 Å². The number of hydrogen-bond acceptors (Lipinski definition) is 5. The fourth-order valence-corrected chi connectivity index (χ4v) is 4.30. The maximum absolute atomic E-state index is 13.1. The summed E-state index contributed by atoms with van der Waals surface area (Å²) >= 11 is 0. The number of hydrogen-bond donors (Lipinski definition) is 2. The summed E-state index contributed by atoms with van der Waals surface area (Å²) in [5.74, 6) is 1.15. The van der Waals surface area contributed by atoms with Crippen molar-refractivity contribution in [2.45, 2.75) is 19.9 Å². The molecule has 5 aromatic rings. The van der Waals surface area contributed by atoms with E-state index in [1.54, 1.807) is 24.4 Å². The second-order valence-electron chi connectivity index (χ2n) is 8.42. The Kier molecular flexibility index (Phi) is 4.99. The van der Waals surface area contributed by atoms with Gasteiger partial charge in [0, 0.05) is 23.7 Å². The number of benzene rings is 3. The van der Waals surface area contributed by atoms with Gasteiger partial charge in [0.2, 0.25) is 6.79 Å². The van der Waals surface area contributed by atoms with Crippen LogP contribution in [0.15, 0.2) is 71.7 Å². The molecule has 35 heavy (non-hydrogen) atoms. The highest BCUT2D eigenvalue weighted by Gasteiger charge is 2.16. The lowest BCUT2D eigenvalue weighted by Crippen LogP contribution is -2.22. The molecule has 0 spiro atoms. The number of aromatic nitrogens is 3. The van der Waals surface area contributed by atoms with Crippen LogP contribution in [0.3, 0.4) is 0 Å². The highest BCUT2D eigenvalue weighted by Crippen LogP contribution is 2.32. The number of aryl methyl sites for hydroxylation is 1. The van der Waals surface area contributed by atoms with Crippen LogP contribution in [-0.2, 0) is 13.0 Å². The normalized spacial score (nSPS) is 12.4. The molecule has 3 aromatic carbocycles. The average Bonchev–Trinajstić information content (AvgIpc) is 3.51. The van der Waals surface area contributed by atoms with Crippen LogP contribution in [-0.4, -0.2) is 27.5 Å². The van der Waals surface area contributed by atoms with Crippen molar-refractivity contribution >= 4 is 27.7 Å². The lowest BCUT2D eigenvalue weighted by atomic mass is 10.1. The number of fused-ring (bicyclic) bond motifs is 4. The summed E-state index contributed by atoms with van der Waals surface area (Å²) in [6.45, 7) is 2.64. The molecule has 2 aromatic heterocycles. The van der Waals surface area contributed by atoms with Gasteiger partial charge in [0.05, 0.1) is 22.1 Å².